The Labute approximate surface area is 139 Å². The van der Waals surface area contributed by atoms with E-state index < -0.39 is 0 Å². The maximum absolute atomic E-state index is 12.5. The topological polar surface area (TPSA) is 45.2 Å². The monoisotopic (exact) mass is 335 g/mol. The minimum Gasteiger partial charge on any atom is -0.337 e. The Bertz CT molecular complexity index is 650. The van der Waals surface area contributed by atoms with Crippen LogP contribution in [0.2, 0.25) is 5.02 Å². The Morgan fingerprint density at radius 2 is 1.91 bits per heavy atom. The van der Waals surface area contributed by atoms with Gasteiger partial charge in [0.2, 0.25) is 0 Å². The van der Waals surface area contributed by atoms with Gasteiger partial charge in [-0.15, -0.1) is 11.3 Å². The largest absolute Gasteiger partial charge is 0.337 e. The maximum atomic E-state index is 12.5. The van der Waals surface area contributed by atoms with Crippen LogP contribution >= 0.6 is 22.9 Å². The van der Waals surface area contributed by atoms with Crippen molar-refractivity contribution in [3.63, 3.8) is 0 Å². The number of nitrogens with one attached hydrogen (secondary N) is 1. The van der Waals surface area contributed by atoms with Crippen molar-refractivity contribution < 1.29 is 4.79 Å². The Morgan fingerprint density at radius 1 is 1.18 bits per heavy atom. The fourth-order valence-electron chi connectivity index (χ4n) is 2.54. The van der Waals surface area contributed by atoms with Crippen molar-refractivity contribution in [1.29, 1.82) is 0 Å². The maximum Gasteiger partial charge on any atom is 0.273 e. The number of anilines is 2. The summed E-state index contributed by atoms with van der Waals surface area (Å²) in [5.41, 5.74) is 1.31. The second kappa shape index (κ2) is 7.11. The van der Waals surface area contributed by atoms with Crippen LogP contribution in [0.3, 0.4) is 0 Å². The summed E-state index contributed by atoms with van der Waals surface area (Å²) in [7, 11) is 0. The number of hydrogen-bond donors (Lipinski definition) is 1. The molecule has 0 atom stereocenters. The number of rotatable bonds is 3. The number of likely N-dealkylation sites (tertiary alicyclic amines) is 1. The first-order valence-corrected chi connectivity index (χ1v) is 8.76. The molecule has 116 valence electrons. The summed E-state index contributed by atoms with van der Waals surface area (Å²) in [5, 5.41) is 6.30. The van der Waals surface area contributed by atoms with Gasteiger partial charge >= 0.3 is 0 Å². The van der Waals surface area contributed by atoms with Gasteiger partial charge in [0.25, 0.3) is 5.91 Å². The smallest absolute Gasteiger partial charge is 0.273 e. The van der Waals surface area contributed by atoms with Gasteiger partial charge in [-0.1, -0.05) is 36.6 Å². The summed E-state index contributed by atoms with van der Waals surface area (Å²) in [6.45, 7) is 1.67. The molecular weight excluding hydrogens is 318 g/mol. The van der Waals surface area contributed by atoms with Crippen molar-refractivity contribution in [2.75, 3.05) is 18.4 Å². The zero-order valence-electron chi connectivity index (χ0n) is 12.2. The van der Waals surface area contributed by atoms with Crippen molar-refractivity contribution in [2.45, 2.75) is 25.7 Å². The normalized spacial score (nSPS) is 15.4. The van der Waals surface area contributed by atoms with E-state index in [0.717, 1.165) is 31.6 Å². The molecule has 0 radical (unpaired) electrons. The van der Waals surface area contributed by atoms with Crippen LogP contribution in [0.25, 0.3) is 0 Å². The molecule has 2 aromatic rings. The van der Waals surface area contributed by atoms with Crippen molar-refractivity contribution in [1.82, 2.24) is 9.88 Å². The highest BCUT2D eigenvalue weighted by Crippen LogP contribution is 2.27. The van der Waals surface area contributed by atoms with Gasteiger partial charge in [-0.2, -0.15) is 0 Å². The number of aromatic nitrogens is 1. The van der Waals surface area contributed by atoms with Gasteiger partial charge in [0, 0.05) is 18.5 Å². The third kappa shape index (κ3) is 3.59. The van der Waals surface area contributed by atoms with E-state index >= 15 is 0 Å². The molecule has 1 aliphatic heterocycles. The minimum atomic E-state index is 0.0327. The van der Waals surface area contributed by atoms with Crippen LogP contribution in [0, 0.1) is 0 Å². The lowest BCUT2D eigenvalue weighted by atomic mass is 10.2. The Morgan fingerprint density at radius 3 is 2.64 bits per heavy atom. The van der Waals surface area contributed by atoms with Gasteiger partial charge in [-0.25, -0.2) is 4.98 Å². The molecule has 1 aromatic carbocycles. The molecule has 1 fully saturated rings. The van der Waals surface area contributed by atoms with Gasteiger partial charge in [0.1, 0.15) is 5.69 Å². The summed E-state index contributed by atoms with van der Waals surface area (Å²) < 4.78 is 0. The number of carbonyl (C=O) groups is 1. The van der Waals surface area contributed by atoms with Gasteiger partial charge in [0.05, 0.1) is 10.7 Å². The number of carbonyl (C=O) groups excluding carboxylic acids is 1. The molecule has 0 saturated carbocycles. The molecule has 22 heavy (non-hydrogen) atoms. The van der Waals surface area contributed by atoms with Crippen molar-refractivity contribution in [3.05, 3.63) is 40.4 Å². The predicted molar refractivity (Wildman–Crippen MR) is 91.2 cm³/mol. The average Bonchev–Trinajstić information content (AvgIpc) is 2.82. The first kappa shape index (κ1) is 15.3. The Hall–Kier alpha value is -1.59. The number of nitrogens with zero attached hydrogens (tertiary/aromatic N) is 2. The third-order valence-electron chi connectivity index (χ3n) is 3.73. The van der Waals surface area contributed by atoms with Gasteiger partial charge < -0.3 is 10.2 Å². The van der Waals surface area contributed by atoms with Gasteiger partial charge in [-0.3, -0.25) is 4.79 Å². The molecule has 0 spiro atoms. The second-order valence-corrected chi connectivity index (χ2v) is 6.61. The van der Waals surface area contributed by atoms with Gasteiger partial charge in [0.15, 0.2) is 5.13 Å². The van der Waals surface area contributed by atoms with Crippen LogP contribution in [0.1, 0.15) is 36.2 Å². The summed E-state index contributed by atoms with van der Waals surface area (Å²) in [4.78, 5) is 18.8. The molecule has 1 saturated heterocycles. The summed E-state index contributed by atoms with van der Waals surface area (Å²) in [5.74, 6) is 0.0327. The van der Waals surface area contributed by atoms with Crippen molar-refractivity contribution in [3.8, 4) is 0 Å². The van der Waals surface area contributed by atoms with Crippen LogP contribution < -0.4 is 5.32 Å². The molecule has 0 unspecified atom stereocenters. The summed E-state index contributed by atoms with van der Waals surface area (Å²) in [6.07, 6.45) is 4.58. The number of halogens is 1. The molecule has 0 bridgehead atoms. The Kier molecular flexibility index (Phi) is 4.95. The van der Waals surface area contributed by atoms with Crippen LogP contribution in [0.4, 0.5) is 10.8 Å². The van der Waals surface area contributed by atoms with Crippen LogP contribution in [-0.2, 0) is 0 Å². The SMILES string of the molecule is O=C(c1csc(Nc2ccccc2Cl)n1)N1CCCCCC1. The van der Waals surface area contributed by atoms with E-state index in [2.05, 4.69) is 10.3 Å². The number of para-hydroxylation sites is 1. The van der Waals surface area contributed by atoms with E-state index in [9.17, 15) is 4.79 Å². The highest BCUT2D eigenvalue weighted by Gasteiger charge is 2.20. The lowest BCUT2D eigenvalue weighted by Crippen LogP contribution is -2.32. The Balaban J connectivity index is 1.70. The lowest BCUT2D eigenvalue weighted by Gasteiger charge is -2.18. The van der Waals surface area contributed by atoms with E-state index in [1.54, 1.807) is 0 Å². The predicted octanol–water partition coefficient (Wildman–Crippen LogP) is 4.56. The highest BCUT2D eigenvalue weighted by molar-refractivity contribution is 7.14. The van der Waals surface area contributed by atoms with Crippen LogP contribution in [0.15, 0.2) is 29.6 Å². The number of hydrogen-bond acceptors (Lipinski definition) is 4. The first-order chi connectivity index (χ1) is 10.7. The van der Waals surface area contributed by atoms with Crippen molar-refractivity contribution >= 4 is 39.7 Å². The fraction of sp³-hybridized carbons (Fsp3) is 0.375. The lowest BCUT2D eigenvalue weighted by molar-refractivity contribution is 0.0756. The van der Waals surface area contributed by atoms with E-state index in [-0.39, 0.29) is 5.91 Å². The molecule has 3 rings (SSSR count). The van der Waals surface area contributed by atoms with E-state index in [1.165, 1.54) is 24.2 Å². The summed E-state index contributed by atoms with van der Waals surface area (Å²) in [6, 6.07) is 7.50. The number of benzene rings is 1. The third-order valence-corrected chi connectivity index (χ3v) is 4.82. The molecule has 1 amide bonds. The second-order valence-electron chi connectivity index (χ2n) is 5.35. The van der Waals surface area contributed by atoms with Crippen molar-refractivity contribution in [2.24, 2.45) is 0 Å². The number of amides is 1. The average molecular weight is 336 g/mol. The standard InChI is InChI=1S/C16H18ClN3OS/c17-12-7-3-4-8-13(12)18-16-19-14(11-22-16)15(21)20-9-5-1-2-6-10-20/h3-4,7-8,11H,1-2,5-6,9-10H2,(H,18,19). The molecule has 1 aromatic heterocycles. The molecule has 1 aliphatic rings. The van der Waals surface area contributed by atoms with E-state index in [4.69, 9.17) is 11.6 Å². The number of thiazole rings is 1. The van der Waals surface area contributed by atoms with Crippen LogP contribution in [0.5, 0.6) is 0 Å². The quantitative estimate of drug-likeness (QED) is 0.894. The first-order valence-electron chi connectivity index (χ1n) is 7.50. The molecular formula is C16H18ClN3OS. The zero-order chi connectivity index (χ0) is 15.4. The summed E-state index contributed by atoms with van der Waals surface area (Å²) >= 11 is 7.54. The van der Waals surface area contributed by atoms with E-state index in [1.807, 2.05) is 34.5 Å². The molecule has 0 aliphatic carbocycles. The van der Waals surface area contributed by atoms with E-state index in [0.29, 0.717) is 15.8 Å². The molecule has 2 heterocycles. The molecule has 4 nitrogen and oxygen atoms in total. The minimum absolute atomic E-state index is 0.0327. The zero-order valence-corrected chi connectivity index (χ0v) is 13.8. The highest BCUT2D eigenvalue weighted by atomic mass is 35.5. The fourth-order valence-corrected chi connectivity index (χ4v) is 3.42. The van der Waals surface area contributed by atoms with Gasteiger partial charge in [-0.05, 0) is 25.0 Å². The molecule has 6 heteroatoms. The van der Waals surface area contributed by atoms with Crippen LogP contribution in [-0.4, -0.2) is 28.9 Å². The molecule has 1 N–H and O–H groups in total.